The minimum absolute atomic E-state index is 1.05. The molecule has 8 aromatic rings. The second kappa shape index (κ2) is 7.99. The molecular weight excluding hydrogens is 466 g/mol. The van der Waals surface area contributed by atoms with E-state index in [0.29, 0.717) is 0 Å². The van der Waals surface area contributed by atoms with Gasteiger partial charge in [-0.15, -0.1) is 11.3 Å². The van der Waals surface area contributed by atoms with E-state index in [2.05, 4.69) is 121 Å². The molecule has 0 fully saturated rings. The third-order valence-electron chi connectivity index (χ3n) is 7.53. The first-order chi connectivity index (χ1) is 18.4. The van der Waals surface area contributed by atoms with Gasteiger partial charge < -0.3 is 0 Å². The first kappa shape index (κ1) is 20.6. The highest BCUT2D eigenvalue weighted by Crippen LogP contribution is 2.45. The van der Waals surface area contributed by atoms with Crippen molar-refractivity contribution in [1.29, 1.82) is 0 Å². The molecule has 0 saturated heterocycles. The molecule has 0 aliphatic heterocycles. The standard InChI is InChI=1S/C35H21NS/c1-2-8-22(9-3-1)25-12-6-13-30-31-14-7-15-32(35(31)37-34(25)30)33-29-19-18-26-24-11-5-4-10-23(24)16-17-27(26)28(29)20-21-36-33/h1-21H. The number of rotatable bonds is 2. The van der Waals surface area contributed by atoms with E-state index in [1.54, 1.807) is 0 Å². The zero-order chi connectivity index (χ0) is 24.3. The highest BCUT2D eigenvalue weighted by Gasteiger charge is 2.16. The van der Waals surface area contributed by atoms with Crippen LogP contribution in [0, 0.1) is 0 Å². The Hall–Kier alpha value is -4.53. The van der Waals surface area contributed by atoms with Gasteiger partial charge >= 0.3 is 0 Å². The van der Waals surface area contributed by atoms with Crippen molar-refractivity contribution in [3.63, 3.8) is 0 Å². The fraction of sp³-hybridized carbons (Fsp3) is 0. The zero-order valence-corrected chi connectivity index (χ0v) is 20.8. The first-order valence-electron chi connectivity index (χ1n) is 12.6. The van der Waals surface area contributed by atoms with Gasteiger partial charge in [-0.1, -0.05) is 115 Å². The number of pyridine rings is 1. The van der Waals surface area contributed by atoms with Gasteiger partial charge in [-0.25, -0.2) is 0 Å². The summed E-state index contributed by atoms with van der Waals surface area (Å²) in [7, 11) is 0. The van der Waals surface area contributed by atoms with Crippen molar-refractivity contribution in [2.24, 2.45) is 0 Å². The van der Waals surface area contributed by atoms with Crippen molar-refractivity contribution in [3.8, 4) is 22.4 Å². The SMILES string of the molecule is c1ccc(-c2cccc3c2sc2c(-c4nccc5c4ccc4c6ccccc6ccc54)cccc23)cc1. The van der Waals surface area contributed by atoms with Crippen LogP contribution in [0.2, 0.25) is 0 Å². The molecular formula is C35H21NS. The summed E-state index contributed by atoms with van der Waals surface area (Å²) in [4.78, 5) is 4.95. The number of nitrogens with zero attached hydrogens (tertiary/aromatic N) is 1. The van der Waals surface area contributed by atoms with E-state index >= 15 is 0 Å². The molecule has 0 bridgehead atoms. The Kier molecular flexibility index (Phi) is 4.46. The molecule has 2 heterocycles. The van der Waals surface area contributed by atoms with Crippen LogP contribution in [0.15, 0.2) is 128 Å². The summed E-state index contributed by atoms with van der Waals surface area (Å²) in [6, 6.07) is 43.8. The van der Waals surface area contributed by atoms with Crippen LogP contribution < -0.4 is 0 Å². The number of benzene rings is 6. The van der Waals surface area contributed by atoms with Crippen LogP contribution in [0.3, 0.4) is 0 Å². The Bertz CT molecular complexity index is 2140. The molecule has 2 aromatic heterocycles. The fourth-order valence-corrected chi connectivity index (χ4v) is 7.17. The van der Waals surface area contributed by atoms with Gasteiger partial charge in [0.2, 0.25) is 0 Å². The normalized spacial score (nSPS) is 11.8. The Morgan fingerprint density at radius 1 is 0.405 bits per heavy atom. The van der Waals surface area contributed by atoms with Gasteiger partial charge in [0.05, 0.1) is 5.69 Å². The Labute approximate surface area is 218 Å². The predicted octanol–water partition coefficient (Wildman–Crippen LogP) is 10.2. The van der Waals surface area contributed by atoms with Crippen LogP contribution in [-0.4, -0.2) is 4.98 Å². The number of hydrogen-bond donors (Lipinski definition) is 0. The van der Waals surface area contributed by atoms with Crippen molar-refractivity contribution >= 4 is 63.8 Å². The van der Waals surface area contributed by atoms with E-state index in [1.165, 1.54) is 69.2 Å². The van der Waals surface area contributed by atoms with Crippen LogP contribution in [0.1, 0.15) is 0 Å². The van der Waals surface area contributed by atoms with Crippen LogP contribution in [0.25, 0.3) is 74.9 Å². The molecule has 1 nitrogen and oxygen atoms in total. The summed E-state index contributed by atoms with van der Waals surface area (Å²) < 4.78 is 2.62. The summed E-state index contributed by atoms with van der Waals surface area (Å²) >= 11 is 1.88. The molecule has 0 unspecified atom stereocenters. The van der Waals surface area contributed by atoms with E-state index < -0.39 is 0 Å². The monoisotopic (exact) mass is 487 g/mol. The van der Waals surface area contributed by atoms with E-state index in [0.717, 1.165) is 5.69 Å². The highest BCUT2D eigenvalue weighted by molar-refractivity contribution is 7.26. The van der Waals surface area contributed by atoms with E-state index in [4.69, 9.17) is 4.98 Å². The maximum atomic E-state index is 4.95. The Morgan fingerprint density at radius 3 is 1.89 bits per heavy atom. The Morgan fingerprint density at radius 2 is 1.03 bits per heavy atom. The van der Waals surface area contributed by atoms with Gasteiger partial charge in [-0.2, -0.15) is 0 Å². The second-order valence-electron chi connectivity index (χ2n) is 9.53. The van der Waals surface area contributed by atoms with E-state index in [-0.39, 0.29) is 0 Å². The lowest BCUT2D eigenvalue weighted by molar-refractivity contribution is 1.37. The summed E-state index contributed by atoms with van der Waals surface area (Å²) in [6.07, 6.45) is 1.97. The number of aromatic nitrogens is 1. The number of fused-ring (bicyclic) bond motifs is 8. The summed E-state index contributed by atoms with van der Waals surface area (Å²) in [5, 5.41) is 10.2. The predicted molar refractivity (Wildman–Crippen MR) is 161 cm³/mol. The highest BCUT2D eigenvalue weighted by atomic mass is 32.1. The molecule has 0 saturated carbocycles. The van der Waals surface area contributed by atoms with Crippen LogP contribution in [-0.2, 0) is 0 Å². The molecule has 0 atom stereocenters. The zero-order valence-electron chi connectivity index (χ0n) is 20.0. The molecule has 0 aliphatic rings. The van der Waals surface area contributed by atoms with Gasteiger partial charge in [0, 0.05) is 37.3 Å². The van der Waals surface area contributed by atoms with Gasteiger partial charge in [0.1, 0.15) is 0 Å². The third kappa shape index (κ3) is 3.06. The van der Waals surface area contributed by atoms with E-state index in [1.807, 2.05) is 17.5 Å². The average molecular weight is 488 g/mol. The molecule has 2 heteroatoms. The number of hydrogen-bond acceptors (Lipinski definition) is 2. The molecule has 0 N–H and O–H groups in total. The van der Waals surface area contributed by atoms with Crippen molar-refractivity contribution in [2.75, 3.05) is 0 Å². The van der Waals surface area contributed by atoms with Crippen LogP contribution >= 0.6 is 11.3 Å². The summed E-state index contributed by atoms with van der Waals surface area (Å²) in [5.74, 6) is 0. The van der Waals surface area contributed by atoms with Crippen molar-refractivity contribution in [1.82, 2.24) is 4.98 Å². The molecule has 8 rings (SSSR count). The third-order valence-corrected chi connectivity index (χ3v) is 8.82. The first-order valence-corrected chi connectivity index (χ1v) is 13.4. The lowest BCUT2D eigenvalue weighted by Gasteiger charge is -2.11. The molecule has 37 heavy (non-hydrogen) atoms. The second-order valence-corrected chi connectivity index (χ2v) is 10.6. The van der Waals surface area contributed by atoms with Crippen LogP contribution in [0.5, 0.6) is 0 Å². The Balaban J connectivity index is 1.42. The largest absolute Gasteiger partial charge is 0.256 e. The lowest BCUT2D eigenvalue weighted by Crippen LogP contribution is -1.88. The minimum Gasteiger partial charge on any atom is -0.256 e. The minimum atomic E-state index is 1.05. The molecule has 6 aromatic carbocycles. The van der Waals surface area contributed by atoms with Crippen molar-refractivity contribution < 1.29 is 0 Å². The van der Waals surface area contributed by atoms with Crippen molar-refractivity contribution in [2.45, 2.75) is 0 Å². The van der Waals surface area contributed by atoms with Gasteiger partial charge in [0.25, 0.3) is 0 Å². The molecule has 0 spiro atoms. The lowest BCUT2D eigenvalue weighted by atomic mass is 9.95. The van der Waals surface area contributed by atoms with Gasteiger partial charge in [0.15, 0.2) is 0 Å². The summed E-state index contributed by atoms with van der Waals surface area (Å²) in [5.41, 5.74) is 4.78. The van der Waals surface area contributed by atoms with Crippen molar-refractivity contribution in [3.05, 3.63) is 128 Å². The smallest absolute Gasteiger partial charge is 0.0794 e. The fourth-order valence-electron chi connectivity index (χ4n) is 5.82. The molecule has 0 amide bonds. The molecule has 0 aliphatic carbocycles. The topological polar surface area (TPSA) is 12.9 Å². The number of thiophene rings is 1. The molecule has 172 valence electrons. The quantitative estimate of drug-likeness (QED) is 0.221. The maximum Gasteiger partial charge on any atom is 0.0794 e. The average Bonchev–Trinajstić information content (AvgIpc) is 3.36. The molecule has 0 radical (unpaired) electrons. The van der Waals surface area contributed by atoms with Gasteiger partial charge in [-0.05, 0) is 44.1 Å². The van der Waals surface area contributed by atoms with Crippen LogP contribution in [0.4, 0.5) is 0 Å². The maximum absolute atomic E-state index is 4.95. The van der Waals surface area contributed by atoms with Gasteiger partial charge in [-0.3, -0.25) is 4.98 Å². The summed E-state index contributed by atoms with van der Waals surface area (Å²) in [6.45, 7) is 0. The van der Waals surface area contributed by atoms with E-state index in [9.17, 15) is 0 Å².